The van der Waals surface area contributed by atoms with Gasteiger partial charge in [0.05, 0.1) is 16.9 Å². The zero-order valence-electron chi connectivity index (χ0n) is 22.8. The molecule has 0 unspecified atom stereocenters. The number of nitrogens with two attached hydrogens (primary N) is 2. The Hall–Kier alpha value is -5.18. The highest BCUT2D eigenvalue weighted by Gasteiger charge is 2.20. The SMILES string of the molecule is CCc1cc2cccc(/C=C\c3cn(C)nc3C)c2nc1-c1ccccc1.NC(=O)c1c(N)nn2c1NCC=C2. The summed E-state index contributed by atoms with van der Waals surface area (Å²) in [6.45, 7) is 4.86. The molecule has 9 nitrogen and oxygen atoms in total. The molecule has 0 radical (unpaired) electrons. The van der Waals surface area contributed by atoms with Gasteiger partial charge in [-0.2, -0.15) is 5.10 Å². The van der Waals surface area contributed by atoms with Gasteiger partial charge in [0, 0.05) is 48.1 Å². The van der Waals surface area contributed by atoms with Crippen LogP contribution in [-0.4, -0.2) is 37.0 Å². The van der Waals surface area contributed by atoms with Crippen molar-refractivity contribution in [3.63, 3.8) is 0 Å². The molecule has 6 rings (SSSR count). The smallest absolute Gasteiger partial charge is 0.256 e. The maximum absolute atomic E-state index is 11.0. The first kappa shape index (κ1) is 26.4. The number of amides is 1. The van der Waals surface area contributed by atoms with Crippen molar-refractivity contribution in [3.05, 3.63) is 94.8 Å². The summed E-state index contributed by atoms with van der Waals surface area (Å²) in [5.74, 6) is 0.149. The van der Waals surface area contributed by atoms with Crippen molar-refractivity contribution in [2.24, 2.45) is 12.8 Å². The summed E-state index contributed by atoms with van der Waals surface area (Å²) in [6, 6.07) is 19.1. The maximum Gasteiger partial charge on any atom is 0.256 e. The number of hydrogen-bond donors (Lipinski definition) is 3. The number of nitrogens with zero attached hydrogens (tertiary/aromatic N) is 5. The largest absolute Gasteiger partial charge is 0.381 e. The predicted octanol–water partition coefficient (Wildman–Crippen LogP) is 5.14. The molecule has 0 bridgehead atoms. The minimum Gasteiger partial charge on any atom is -0.381 e. The molecule has 1 aliphatic rings. The van der Waals surface area contributed by atoms with Gasteiger partial charge < -0.3 is 16.8 Å². The highest BCUT2D eigenvalue weighted by molar-refractivity contribution is 6.02. The number of aryl methyl sites for hydroxylation is 3. The van der Waals surface area contributed by atoms with Crippen LogP contribution in [0.1, 0.15) is 39.7 Å². The molecule has 2 aromatic carbocycles. The third kappa shape index (κ3) is 5.35. The van der Waals surface area contributed by atoms with Gasteiger partial charge in [-0.05, 0) is 31.1 Å². The summed E-state index contributed by atoms with van der Waals surface area (Å²) in [6.07, 6.45) is 10.9. The van der Waals surface area contributed by atoms with Crippen LogP contribution in [0.2, 0.25) is 0 Å². The summed E-state index contributed by atoms with van der Waals surface area (Å²) >= 11 is 0. The van der Waals surface area contributed by atoms with Gasteiger partial charge in [0.2, 0.25) is 0 Å². The van der Waals surface area contributed by atoms with Gasteiger partial charge in [-0.15, -0.1) is 5.10 Å². The van der Waals surface area contributed by atoms with Crippen molar-refractivity contribution in [2.75, 3.05) is 17.6 Å². The topological polar surface area (TPSA) is 130 Å². The molecule has 1 aliphatic heterocycles. The van der Waals surface area contributed by atoms with Crippen molar-refractivity contribution < 1.29 is 4.79 Å². The number of rotatable bonds is 5. The molecule has 9 heteroatoms. The molecule has 0 aliphatic carbocycles. The standard InChI is InChI=1S/C24H23N3.C7H9N5O/c1-4-18-15-21-12-8-11-20(13-14-22-16-27(3)26-17(22)2)24(21)25-23(18)19-9-6-5-7-10-19;8-5-4(6(9)13)7-10-2-1-3-12(7)11-5/h5-16H,4H2,1-3H3;1,3,10H,2H2,(H2,8,11)(H2,9,13)/b14-13-;. The quantitative estimate of drug-likeness (QED) is 0.287. The summed E-state index contributed by atoms with van der Waals surface area (Å²) in [4.78, 5) is 16.1. The number of aromatic nitrogens is 5. The minimum atomic E-state index is -0.568. The zero-order valence-corrected chi connectivity index (χ0v) is 22.8. The van der Waals surface area contributed by atoms with Crippen LogP contribution in [0.25, 0.3) is 40.5 Å². The van der Waals surface area contributed by atoms with Crippen LogP contribution in [0.15, 0.2) is 66.9 Å². The lowest BCUT2D eigenvalue weighted by atomic mass is 10.00. The lowest BCUT2D eigenvalue weighted by molar-refractivity contribution is 0.100. The Morgan fingerprint density at radius 3 is 2.55 bits per heavy atom. The summed E-state index contributed by atoms with van der Waals surface area (Å²) < 4.78 is 3.34. The van der Waals surface area contributed by atoms with Crippen molar-refractivity contribution in [2.45, 2.75) is 20.3 Å². The zero-order chi connectivity index (χ0) is 28.2. The molecule has 5 aromatic rings. The molecule has 0 saturated heterocycles. The fraction of sp³-hybridized carbons (Fsp3) is 0.161. The number of nitrogens with one attached hydrogen (secondary N) is 1. The first-order valence-corrected chi connectivity index (χ1v) is 13.1. The van der Waals surface area contributed by atoms with E-state index >= 15 is 0 Å². The van der Waals surface area contributed by atoms with E-state index in [2.05, 4.69) is 83.1 Å². The highest BCUT2D eigenvalue weighted by atomic mass is 16.1. The number of primary amides is 1. The summed E-state index contributed by atoms with van der Waals surface area (Å²) in [5.41, 5.74) is 18.7. The van der Waals surface area contributed by atoms with E-state index in [4.69, 9.17) is 16.5 Å². The lowest BCUT2D eigenvalue weighted by Crippen LogP contribution is -2.17. The van der Waals surface area contributed by atoms with E-state index in [9.17, 15) is 4.79 Å². The van der Waals surface area contributed by atoms with E-state index < -0.39 is 5.91 Å². The molecule has 3 aromatic heterocycles. The van der Waals surface area contributed by atoms with E-state index in [1.54, 1.807) is 6.20 Å². The molecular formula is C31H32N8O. The number of carbonyl (C=O) groups is 1. The number of anilines is 2. The molecule has 0 spiro atoms. The molecule has 202 valence electrons. The second-order valence-corrected chi connectivity index (χ2v) is 9.49. The molecule has 5 N–H and O–H groups in total. The molecule has 0 saturated carbocycles. The highest BCUT2D eigenvalue weighted by Crippen LogP contribution is 2.29. The van der Waals surface area contributed by atoms with Gasteiger partial charge >= 0.3 is 0 Å². The van der Waals surface area contributed by atoms with Crippen LogP contribution < -0.4 is 16.8 Å². The van der Waals surface area contributed by atoms with Crippen LogP contribution in [0.5, 0.6) is 0 Å². The molecular weight excluding hydrogens is 500 g/mol. The maximum atomic E-state index is 11.0. The molecule has 0 fully saturated rings. The van der Waals surface area contributed by atoms with Crippen LogP contribution in [-0.2, 0) is 13.5 Å². The third-order valence-electron chi connectivity index (χ3n) is 6.70. The fourth-order valence-corrected chi connectivity index (χ4v) is 4.76. The third-order valence-corrected chi connectivity index (χ3v) is 6.70. The van der Waals surface area contributed by atoms with E-state index in [0.29, 0.717) is 12.4 Å². The van der Waals surface area contributed by atoms with Gasteiger partial charge in [-0.1, -0.05) is 67.6 Å². The van der Waals surface area contributed by atoms with Crippen molar-refractivity contribution in [1.82, 2.24) is 24.5 Å². The summed E-state index contributed by atoms with van der Waals surface area (Å²) in [5, 5.41) is 12.5. The first-order valence-electron chi connectivity index (χ1n) is 13.1. The van der Waals surface area contributed by atoms with E-state index in [0.717, 1.165) is 40.0 Å². The van der Waals surface area contributed by atoms with Crippen LogP contribution in [0.3, 0.4) is 0 Å². The summed E-state index contributed by atoms with van der Waals surface area (Å²) in [7, 11) is 1.95. The van der Waals surface area contributed by atoms with Crippen LogP contribution in [0.4, 0.5) is 11.6 Å². The molecule has 40 heavy (non-hydrogen) atoms. The number of hydrogen-bond acceptors (Lipinski definition) is 6. The van der Waals surface area contributed by atoms with Gasteiger partial charge in [-0.3, -0.25) is 9.48 Å². The second kappa shape index (κ2) is 11.3. The number of nitrogen functional groups attached to an aromatic ring is 1. The monoisotopic (exact) mass is 532 g/mol. The Kier molecular flexibility index (Phi) is 7.46. The Balaban J connectivity index is 0.000000207. The van der Waals surface area contributed by atoms with Crippen molar-refractivity contribution >= 4 is 46.8 Å². The van der Waals surface area contributed by atoms with Gasteiger partial charge in [0.25, 0.3) is 5.91 Å². The van der Waals surface area contributed by atoms with Crippen molar-refractivity contribution in [1.29, 1.82) is 0 Å². The average Bonchev–Trinajstić information content (AvgIpc) is 3.48. The lowest BCUT2D eigenvalue weighted by Gasteiger charge is -2.11. The minimum absolute atomic E-state index is 0.154. The van der Waals surface area contributed by atoms with Crippen LogP contribution >= 0.6 is 0 Å². The van der Waals surface area contributed by atoms with Crippen molar-refractivity contribution in [3.8, 4) is 11.3 Å². The number of para-hydroxylation sites is 1. The molecule has 4 heterocycles. The van der Waals surface area contributed by atoms with Gasteiger partial charge in [0.1, 0.15) is 11.4 Å². The number of pyridine rings is 1. The van der Waals surface area contributed by atoms with Gasteiger partial charge in [-0.25, -0.2) is 9.67 Å². The Morgan fingerprint density at radius 1 is 1.07 bits per heavy atom. The van der Waals surface area contributed by atoms with E-state index in [-0.39, 0.29) is 11.4 Å². The van der Waals surface area contributed by atoms with E-state index in [1.165, 1.54) is 15.6 Å². The van der Waals surface area contributed by atoms with Crippen LogP contribution in [0, 0.1) is 6.92 Å². The van der Waals surface area contributed by atoms with E-state index in [1.807, 2.05) is 37.0 Å². The Bertz CT molecular complexity index is 1740. The molecule has 0 atom stereocenters. The normalized spacial score (nSPS) is 12.2. The Morgan fingerprint density at radius 2 is 1.85 bits per heavy atom. The first-order chi connectivity index (χ1) is 19.4. The predicted molar refractivity (Wildman–Crippen MR) is 162 cm³/mol. The molecule has 1 amide bonds. The number of fused-ring (bicyclic) bond motifs is 2. The second-order valence-electron chi connectivity index (χ2n) is 9.49. The number of benzene rings is 2. The Labute approximate surface area is 232 Å². The average molecular weight is 533 g/mol. The van der Waals surface area contributed by atoms with Gasteiger partial charge in [0.15, 0.2) is 5.82 Å². The fourth-order valence-electron chi connectivity index (χ4n) is 4.76. The number of carbonyl (C=O) groups excluding carboxylic acids is 1.